The van der Waals surface area contributed by atoms with E-state index in [2.05, 4.69) is 29.4 Å². The Kier molecular flexibility index (Phi) is 4.75. The molecule has 0 spiro atoms. The van der Waals surface area contributed by atoms with E-state index in [4.69, 9.17) is 4.42 Å². The molecule has 1 aliphatic heterocycles. The Balaban J connectivity index is 1.22. The quantitative estimate of drug-likeness (QED) is 0.161. The van der Waals surface area contributed by atoms with Crippen LogP contribution in [-0.2, 0) is 9.59 Å². The van der Waals surface area contributed by atoms with E-state index in [1.807, 2.05) is 24.3 Å². The molecule has 0 unspecified atom stereocenters. The van der Waals surface area contributed by atoms with Gasteiger partial charge in [0, 0.05) is 17.9 Å². The van der Waals surface area contributed by atoms with Crippen molar-refractivity contribution in [1.82, 2.24) is 5.01 Å². The summed E-state index contributed by atoms with van der Waals surface area (Å²) in [7, 11) is 0. The zero-order chi connectivity index (χ0) is 26.1. The van der Waals surface area contributed by atoms with Crippen molar-refractivity contribution in [2.75, 3.05) is 0 Å². The molecule has 0 saturated carbocycles. The molecule has 1 aromatic heterocycles. The number of imide groups is 1. The number of amides is 2. The van der Waals surface area contributed by atoms with E-state index in [-0.39, 0.29) is 35.1 Å². The van der Waals surface area contributed by atoms with Gasteiger partial charge in [0.05, 0.1) is 28.5 Å². The van der Waals surface area contributed by atoms with Crippen LogP contribution in [0.15, 0.2) is 88.4 Å². The van der Waals surface area contributed by atoms with Crippen molar-refractivity contribution >= 4 is 23.7 Å². The first-order chi connectivity index (χ1) is 18.4. The van der Waals surface area contributed by atoms with Gasteiger partial charge in [-0.15, -0.1) is 0 Å². The van der Waals surface area contributed by atoms with Crippen LogP contribution in [0.3, 0.4) is 0 Å². The summed E-state index contributed by atoms with van der Waals surface area (Å²) in [5, 5.41) is 16.8. The second-order valence-corrected chi connectivity index (χ2v) is 9.98. The Labute approximate surface area is 217 Å². The Morgan fingerprint density at radius 3 is 1.92 bits per heavy atom. The largest absolute Gasteiger partial charge is 0.455 e. The van der Waals surface area contributed by atoms with Gasteiger partial charge in [-0.3, -0.25) is 19.7 Å². The van der Waals surface area contributed by atoms with Gasteiger partial charge in [0.25, 0.3) is 17.5 Å². The summed E-state index contributed by atoms with van der Waals surface area (Å²) in [5.41, 5.74) is 5.43. The number of nitro benzene ring substituents is 1. The van der Waals surface area contributed by atoms with Crippen LogP contribution in [0, 0.1) is 28.9 Å². The first-order valence-electron chi connectivity index (χ1n) is 12.4. The number of furan rings is 1. The maximum Gasteiger partial charge on any atom is 0.280 e. The predicted octanol–water partition coefficient (Wildman–Crippen LogP) is 5.39. The van der Waals surface area contributed by atoms with Crippen LogP contribution in [-0.4, -0.2) is 28.0 Å². The van der Waals surface area contributed by atoms with E-state index in [0.29, 0.717) is 11.3 Å². The average molecular weight is 504 g/mol. The molecule has 3 aromatic carbocycles. The van der Waals surface area contributed by atoms with Crippen molar-refractivity contribution in [3.8, 4) is 11.3 Å². The van der Waals surface area contributed by atoms with Crippen LogP contribution in [0.25, 0.3) is 11.3 Å². The summed E-state index contributed by atoms with van der Waals surface area (Å²) in [5.74, 6) is -1.51. The molecule has 8 rings (SSSR count). The summed E-state index contributed by atoms with van der Waals surface area (Å²) in [6.07, 6.45) is 1.32. The lowest BCUT2D eigenvalue weighted by Gasteiger charge is -2.45. The molecule has 1 saturated heterocycles. The second-order valence-electron chi connectivity index (χ2n) is 9.98. The summed E-state index contributed by atoms with van der Waals surface area (Å²) in [4.78, 5) is 38.4. The smallest absolute Gasteiger partial charge is 0.280 e. The van der Waals surface area contributed by atoms with E-state index >= 15 is 0 Å². The van der Waals surface area contributed by atoms with Crippen molar-refractivity contribution < 1.29 is 18.9 Å². The minimum atomic E-state index is -0.517. The summed E-state index contributed by atoms with van der Waals surface area (Å²) in [6.45, 7) is 1.78. The Morgan fingerprint density at radius 2 is 1.39 bits per heavy atom. The summed E-state index contributed by atoms with van der Waals surface area (Å²) in [6, 6.07) is 24.2. The van der Waals surface area contributed by atoms with Gasteiger partial charge < -0.3 is 4.42 Å². The van der Waals surface area contributed by atoms with Crippen LogP contribution < -0.4 is 0 Å². The number of hydrogen-bond donors (Lipinski definition) is 0. The van der Waals surface area contributed by atoms with Gasteiger partial charge in [-0.25, -0.2) is 0 Å². The van der Waals surface area contributed by atoms with Crippen LogP contribution in [0.5, 0.6) is 0 Å². The zero-order valence-electron chi connectivity index (χ0n) is 20.3. The standard InChI is InChI=1S/C30H21N3O5/c1-16-10-12-22(23(14-16)33(36)37)24-13-11-17(38-24)15-31-32-29(34)27-25-18-6-2-3-7-19(18)26(28(27)30(32)35)21-9-5-4-8-20(21)25/h2-15,25-28H,1H3/b31-15-/t25?,26?,27-,28-/m1/s1. The third kappa shape index (κ3) is 3.06. The third-order valence-corrected chi connectivity index (χ3v) is 7.97. The molecule has 1 fully saturated rings. The summed E-state index contributed by atoms with van der Waals surface area (Å²) < 4.78 is 5.80. The normalized spacial score (nSPS) is 23.0. The molecule has 2 bridgehead atoms. The molecule has 4 aromatic rings. The Bertz CT molecular complexity index is 1590. The molecule has 2 heterocycles. The van der Waals surface area contributed by atoms with Gasteiger partial charge in [-0.1, -0.05) is 54.6 Å². The van der Waals surface area contributed by atoms with E-state index in [0.717, 1.165) is 32.8 Å². The number of hydrogen-bond acceptors (Lipinski definition) is 6. The molecular weight excluding hydrogens is 482 g/mol. The SMILES string of the molecule is Cc1ccc(-c2ccc(/C=N\N3C(=O)[C@@H]4C5c6ccccc6C(c6ccccc65)[C@H]4C3=O)o2)c([N+](=O)[O-])c1. The highest BCUT2D eigenvalue weighted by atomic mass is 16.6. The van der Waals surface area contributed by atoms with Gasteiger partial charge >= 0.3 is 0 Å². The highest BCUT2D eigenvalue weighted by Gasteiger charge is 2.61. The average Bonchev–Trinajstić information content (AvgIpc) is 3.50. The molecule has 186 valence electrons. The topological polar surface area (TPSA) is 106 Å². The minimum Gasteiger partial charge on any atom is -0.455 e. The number of nitro groups is 1. The lowest BCUT2D eigenvalue weighted by Crippen LogP contribution is -2.41. The third-order valence-electron chi connectivity index (χ3n) is 7.97. The van der Waals surface area contributed by atoms with Crippen molar-refractivity contribution in [3.63, 3.8) is 0 Å². The number of nitrogens with zero attached hydrogens (tertiary/aromatic N) is 3. The predicted molar refractivity (Wildman–Crippen MR) is 139 cm³/mol. The van der Waals surface area contributed by atoms with E-state index in [1.54, 1.807) is 31.2 Å². The lowest BCUT2D eigenvalue weighted by atomic mass is 9.55. The van der Waals surface area contributed by atoms with Crippen LogP contribution in [0.2, 0.25) is 0 Å². The molecule has 0 N–H and O–H groups in total. The van der Waals surface area contributed by atoms with Gasteiger partial charge in [0.1, 0.15) is 11.5 Å². The fraction of sp³-hybridized carbons (Fsp3) is 0.167. The Hall–Kier alpha value is -4.85. The highest BCUT2D eigenvalue weighted by molar-refractivity contribution is 6.08. The molecule has 38 heavy (non-hydrogen) atoms. The maximum atomic E-state index is 13.6. The van der Waals surface area contributed by atoms with Crippen LogP contribution >= 0.6 is 0 Å². The maximum absolute atomic E-state index is 13.6. The zero-order valence-corrected chi connectivity index (χ0v) is 20.3. The lowest BCUT2D eigenvalue weighted by molar-refractivity contribution is -0.384. The number of carbonyl (C=O) groups excluding carboxylic acids is 2. The van der Waals surface area contributed by atoms with Gasteiger partial charge in [0.2, 0.25) is 0 Å². The molecule has 8 heteroatoms. The number of aryl methyl sites for hydroxylation is 1. The van der Waals surface area contributed by atoms with Crippen LogP contribution in [0.1, 0.15) is 45.4 Å². The van der Waals surface area contributed by atoms with Crippen molar-refractivity contribution in [2.24, 2.45) is 16.9 Å². The molecular formula is C30H21N3O5. The monoisotopic (exact) mass is 503 g/mol. The van der Waals surface area contributed by atoms with Gasteiger partial charge in [0.15, 0.2) is 0 Å². The number of hydrazone groups is 1. The molecule has 0 radical (unpaired) electrons. The number of carbonyl (C=O) groups is 2. The fourth-order valence-corrected chi connectivity index (χ4v) is 6.46. The van der Waals surface area contributed by atoms with Crippen molar-refractivity contribution in [2.45, 2.75) is 18.8 Å². The second kappa shape index (κ2) is 8.08. The van der Waals surface area contributed by atoms with Crippen molar-refractivity contribution in [1.29, 1.82) is 0 Å². The molecule has 2 amide bonds. The fourth-order valence-electron chi connectivity index (χ4n) is 6.46. The van der Waals surface area contributed by atoms with Crippen LogP contribution in [0.4, 0.5) is 5.69 Å². The van der Waals surface area contributed by atoms with E-state index in [9.17, 15) is 19.7 Å². The van der Waals surface area contributed by atoms with Gasteiger partial charge in [-0.05, 0) is 52.9 Å². The molecule has 2 atom stereocenters. The molecule has 4 aliphatic rings. The van der Waals surface area contributed by atoms with E-state index < -0.39 is 16.8 Å². The first-order valence-corrected chi connectivity index (χ1v) is 12.4. The van der Waals surface area contributed by atoms with Crippen molar-refractivity contribution in [3.05, 3.63) is 123 Å². The summed E-state index contributed by atoms with van der Waals surface area (Å²) >= 11 is 0. The highest BCUT2D eigenvalue weighted by Crippen LogP contribution is 2.60. The first kappa shape index (κ1) is 22.4. The Morgan fingerprint density at radius 1 is 0.842 bits per heavy atom. The van der Waals surface area contributed by atoms with E-state index in [1.165, 1.54) is 12.3 Å². The van der Waals surface area contributed by atoms with Gasteiger partial charge in [-0.2, -0.15) is 10.1 Å². The molecule has 8 nitrogen and oxygen atoms in total. The number of benzene rings is 3. The number of rotatable bonds is 4. The molecule has 3 aliphatic carbocycles. The minimum absolute atomic E-state index is 0.0635.